The first-order valence-corrected chi connectivity index (χ1v) is 6.08. The molecule has 0 atom stereocenters. The van der Waals surface area contributed by atoms with Crippen molar-refractivity contribution in [2.75, 3.05) is 5.32 Å². The number of benzene rings is 1. The van der Waals surface area contributed by atoms with E-state index in [-0.39, 0.29) is 18.0 Å². The third kappa shape index (κ3) is 3.25. The largest absolute Gasteiger partial charge is 0.459 e. The lowest BCUT2D eigenvalue weighted by Gasteiger charge is -2.14. The summed E-state index contributed by atoms with van der Waals surface area (Å²) in [5.74, 6) is -0.755. The van der Waals surface area contributed by atoms with E-state index in [0.29, 0.717) is 11.1 Å². The molecule has 2 rings (SSSR count). The van der Waals surface area contributed by atoms with Crippen LogP contribution in [0.4, 0.5) is 18.9 Å². The van der Waals surface area contributed by atoms with E-state index in [9.17, 15) is 18.0 Å². The van der Waals surface area contributed by atoms with Gasteiger partial charge in [-0.05, 0) is 30.7 Å². The predicted molar refractivity (Wildman–Crippen MR) is 70.7 cm³/mol. The number of furan rings is 1. The maximum Gasteiger partial charge on any atom is 0.418 e. The molecule has 2 aromatic rings. The van der Waals surface area contributed by atoms with E-state index in [1.54, 1.807) is 13.0 Å². The smallest absolute Gasteiger partial charge is 0.418 e. The van der Waals surface area contributed by atoms with Gasteiger partial charge in [-0.1, -0.05) is 6.07 Å². The van der Waals surface area contributed by atoms with Crippen LogP contribution in [0.5, 0.6) is 0 Å². The summed E-state index contributed by atoms with van der Waals surface area (Å²) in [7, 11) is 0. The molecule has 3 N–H and O–H groups in total. The molecule has 112 valence electrons. The van der Waals surface area contributed by atoms with E-state index in [0.717, 1.165) is 6.07 Å². The number of anilines is 1. The molecule has 0 saturated carbocycles. The molecular formula is C14H13F3N2O2. The average Bonchev–Trinajstić information content (AvgIpc) is 2.84. The van der Waals surface area contributed by atoms with E-state index in [2.05, 4.69) is 5.32 Å². The summed E-state index contributed by atoms with van der Waals surface area (Å²) in [4.78, 5) is 11.9. The lowest BCUT2D eigenvalue weighted by atomic mass is 10.1. The minimum absolute atomic E-state index is 0.0192. The van der Waals surface area contributed by atoms with Crippen LogP contribution in [0.3, 0.4) is 0 Å². The van der Waals surface area contributed by atoms with Gasteiger partial charge in [0.2, 0.25) is 0 Å². The zero-order chi connectivity index (χ0) is 15.6. The van der Waals surface area contributed by atoms with Crippen molar-refractivity contribution >= 4 is 11.6 Å². The van der Waals surface area contributed by atoms with Gasteiger partial charge in [-0.3, -0.25) is 4.79 Å². The highest BCUT2D eigenvalue weighted by atomic mass is 19.4. The van der Waals surface area contributed by atoms with Crippen molar-refractivity contribution < 1.29 is 22.4 Å². The first-order chi connectivity index (χ1) is 9.82. The van der Waals surface area contributed by atoms with Crippen molar-refractivity contribution in [2.24, 2.45) is 5.73 Å². The first kappa shape index (κ1) is 15.1. The molecule has 0 aliphatic carbocycles. The minimum atomic E-state index is -4.59. The molecule has 0 spiro atoms. The molecule has 0 unspecified atom stereocenters. The van der Waals surface area contributed by atoms with Crippen LogP contribution in [-0.2, 0) is 12.7 Å². The molecule has 1 amide bonds. The van der Waals surface area contributed by atoms with Crippen molar-refractivity contribution in [3.05, 3.63) is 53.0 Å². The number of carbonyl (C=O) groups is 1. The van der Waals surface area contributed by atoms with Gasteiger partial charge in [0, 0.05) is 12.1 Å². The highest BCUT2D eigenvalue weighted by Gasteiger charge is 2.34. The third-order valence-corrected chi connectivity index (χ3v) is 2.94. The number of hydrogen-bond acceptors (Lipinski definition) is 3. The van der Waals surface area contributed by atoms with Gasteiger partial charge in [0.15, 0.2) is 5.76 Å². The molecule has 1 aromatic heterocycles. The van der Waals surface area contributed by atoms with Crippen molar-refractivity contribution in [1.82, 2.24) is 0 Å². The molecule has 7 heteroatoms. The van der Waals surface area contributed by atoms with Crippen LogP contribution in [-0.4, -0.2) is 5.91 Å². The summed E-state index contributed by atoms with van der Waals surface area (Å²) in [6.07, 6.45) is -3.29. The molecule has 1 aromatic carbocycles. The van der Waals surface area contributed by atoms with Gasteiger partial charge in [-0.15, -0.1) is 0 Å². The second-order valence-corrected chi connectivity index (χ2v) is 4.47. The highest BCUT2D eigenvalue weighted by molar-refractivity contribution is 6.03. The number of amides is 1. The Bertz CT molecular complexity index is 662. The summed E-state index contributed by atoms with van der Waals surface area (Å²) in [5, 5.41) is 2.22. The molecular weight excluding hydrogens is 285 g/mol. The van der Waals surface area contributed by atoms with Crippen LogP contribution >= 0.6 is 0 Å². The summed E-state index contributed by atoms with van der Waals surface area (Å²) in [6, 6.07) is 5.09. The molecule has 0 bridgehead atoms. The van der Waals surface area contributed by atoms with Gasteiger partial charge in [-0.2, -0.15) is 13.2 Å². The molecule has 21 heavy (non-hydrogen) atoms. The Morgan fingerprint density at radius 3 is 2.57 bits per heavy atom. The van der Waals surface area contributed by atoms with Crippen LogP contribution in [0, 0.1) is 6.92 Å². The summed E-state index contributed by atoms with van der Waals surface area (Å²) >= 11 is 0. The number of alkyl halides is 3. The Hall–Kier alpha value is -2.28. The lowest BCUT2D eigenvalue weighted by Crippen LogP contribution is -2.17. The lowest BCUT2D eigenvalue weighted by molar-refractivity contribution is -0.137. The molecule has 0 aliphatic heterocycles. The molecule has 0 saturated heterocycles. The van der Waals surface area contributed by atoms with Crippen molar-refractivity contribution in [1.29, 1.82) is 0 Å². The number of carbonyl (C=O) groups excluding carboxylic acids is 1. The molecule has 1 heterocycles. The Balaban J connectivity index is 2.36. The number of nitrogens with two attached hydrogens (primary N) is 1. The summed E-state index contributed by atoms with van der Waals surface area (Å²) < 4.78 is 44.0. The second kappa shape index (κ2) is 5.61. The van der Waals surface area contributed by atoms with E-state index in [4.69, 9.17) is 10.2 Å². The fourth-order valence-corrected chi connectivity index (χ4v) is 1.85. The van der Waals surface area contributed by atoms with Crippen molar-refractivity contribution in [2.45, 2.75) is 19.6 Å². The SMILES string of the molecule is Cc1ccoc1C(=O)Nc1ccc(CN)cc1C(F)(F)F. The topological polar surface area (TPSA) is 68.3 Å². The minimum Gasteiger partial charge on any atom is -0.459 e. The second-order valence-electron chi connectivity index (χ2n) is 4.47. The van der Waals surface area contributed by atoms with Gasteiger partial charge >= 0.3 is 6.18 Å². The Labute approximate surface area is 118 Å². The van der Waals surface area contributed by atoms with Crippen LogP contribution in [0.1, 0.15) is 27.2 Å². The normalized spacial score (nSPS) is 11.5. The van der Waals surface area contributed by atoms with Crippen molar-refractivity contribution in [3.8, 4) is 0 Å². The van der Waals surface area contributed by atoms with Crippen LogP contribution in [0.15, 0.2) is 34.9 Å². The van der Waals surface area contributed by atoms with Crippen LogP contribution in [0.2, 0.25) is 0 Å². The van der Waals surface area contributed by atoms with E-state index in [1.807, 2.05) is 0 Å². The van der Waals surface area contributed by atoms with Crippen molar-refractivity contribution in [3.63, 3.8) is 0 Å². The van der Waals surface area contributed by atoms with Gasteiger partial charge in [-0.25, -0.2) is 0 Å². The molecule has 0 aliphatic rings. The van der Waals surface area contributed by atoms with Gasteiger partial charge in [0.25, 0.3) is 5.91 Å². The average molecular weight is 298 g/mol. The zero-order valence-electron chi connectivity index (χ0n) is 11.1. The van der Waals surface area contributed by atoms with Gasteiger partial charge < -0.3 is 15.5 Å². The highest BCUT2D eigenvalue weighted by Crippen LogP contribution is 2.35. The number of rotatable bonds is 3. The zero-order valence-corrected chi connectivity index (χ0v) is 11.1. The number of halogens is 3. The maximum absolute atomic E-state index is 13.0. The Kier molecular flexibility index (Phi) is 4.04. The number of hydrogen-bond donors (Lipinski definition) is 2. The van der Waals surface area contributed by atoms with E-state index in [1.165, 1.54) is 18.4 Å². The predicted octanol–water partition coefficient (Wildman–Crippen LogP) is 3.32. The number of aryl methyl sites for hydroxylation is 1. The van der Waals surface area contributed by atoms with Gasteiger partial charge in [0.05, 0.1) is 17.5 Å². The molecule has 4 nitrogen and oxygen atoms in total. The Morgan fingerprint density at radius 2 is 2.05 bits per heavy atom. The van der Waals surface area contributed by atoms with Crippen LogP contribution in [0.25, 0.3) is 0 Å². The van der Waals surface area contributed by atoms with E-state index >= 15 is 0 Å². The maximum atomic E-state index is 13.0. The third-order valence-electron chi connectivity index (χ3n) is 2.94. The molecule has 0 radical (unpaired) electrons. The number of nitrogens with one attached hydrogen (secondary N) is 1. The van der Waals surface area contributed by atoms with Crippen LogP contribution < -0.4 is 11.1 Å². The summed E-state index contributed by atoms with van der Waals surface area (Å²) in [5.41, 5.74) is 4.94. The quantitative estimate of drug-likeness (QED) is 0.913. The van der Waals surface area contributed by atoms with Gasteiger partial charge in [0.1, 0.15) is 0 Å². The van der Waals surface area contributed by atoms with E-state index < -0.39 is 17.6 Å². The Morgan fingerprint density at radius 1 is 1.33 bits per heavy atom. The fourth-order valence-electron chi connectivity index (χ4n) is 1.85. The summed E-state index contributed by atoms with van der Waals surface area (Å²) in [6.45, 7) is 1.61. The molecule has 0 fully saturated rings. The standard InChI is InChI=1S/C14H13F3N2O2/c1-8-4-5-21-12(8)13(20)19-11-3-2-9(7-18)6-10(11)14(15,16)17/h2-6H,7,18H2,1H3,(H,19,20). The fraction of sp³-hybridized carbons (Fsp3) is 0.214. The first-order valence-electron chi connectivity index (χ1n) is 6.08. The monoisotopic (exact) mass is 298 g/mol.